The number of carbonyl (C=O) groups is 3. The van der Waals surface area contributed by atoms with Gasteiger partial charge in [-0.25, -0.2) is 9.78 Å². The van der Waals surface area contributed by atoms with Crippen LogP contribution in [0.1, 0.15) is 49.4 Å². The van der Waals surface area contributed by atoms with Gasteiger partial charge in [0.2, 0.25) is 0 Å². The molecule has 142 valence electrons. The van der Waals surface area contributed by atoms with Crippen LogP contribution >= 0.6 is 11.6 Å². The number of carbonyl (C=O) groups excluding carboxylic acids is 3. The van der Waals surface area contributed by atoms with Crippen molar-refractivity contribution in [1.29, 1.82) is 0 Å². The Labute approximate surface area is 166 Å². The Kier molecular flexibility index (Phi) is 6.01. The van der Waals surface area contributed by atoms with Gasteiger partial charge >= 0.3 is 5.97 Å². The number of nitrogens with zero attached hydrogens (tertiary/aromatic N) is 2. The van der Waals surface area contributed by atoms with E-state index in [9.17, 15) is 14.4 Å². The van der Waals surface area contributed by atoms with Crippen molar-refractivity contribution in [2.75, 3.05) is 6.61 Å². The van der Waals surface area contributed by atoms with Crippen molar-refractivity contribution in [2.24, 2.45) is 0 Å². The molecule has 0 aliphatic rings. The lowest BCUT2D eigenvalue weighted by molar-refractivity contribution is 0.0512. The second-order valence-electron chi connectivity index (χ2n) is 5.98. The molecule has 0 saturated heterocycles. The Hall–Kier alpha value is -3.25. The first-order chi connectivity index (χ1) is 13.5. The van der Waals surface area contributed by atoms with Gasteiger partial charge in [0.05, 0.1) is 12.9 Å². The molecule has 3 aromatic rings. The SMILES string of the molecule is CCOC(=O)c1c(C=O)ncn1Cc1ccc(C(=O)c2ccc(Cl)cc2)cc1. The van der Waals surface area contributed by atoms with Crippen LogP contribution in [0.15, 0.2) is 54.9 Å². The molecule has 7 heteroatoms. The number of hydrogen-bond donors (Lipinski definition) is 0. The van der Waals surface area contributed by atoms with Crippen molar-refractivity contribution in [2.45, 2.75) is 13.5 Å². The summed E-state index contributed by atoms with van der Waals surface area (Å²) in [5, 5.41) is 0.569. The summed E-state index contributed by atoms with van der Waals surface area (Å²) in [5.41, 5.74) is 2.07. The standard InChI is InChI=1S/C21H17ClN2O4/c1-2-28-21(27)19-18(12-25)23-13-24(19)11-14-3-5-15(6-4-14)20(26)16-7-9-17(22)10-8-16/h3-10,12-13H,2,11H2,1H3. The van der Waals surface area contributed by atoms with E-state index in [1.807, 2.05) is 0 Å². The highest BCUT2D eigenvalue weighted by molar-refractivity contribution is 6.30. The zero-order chi connectivity index (χ0) is 20.1. The van der Waals surface area contributed by atoms with E-state index in [0.717, 1.165) is 5.56 Å². The van der Waals surface area contributed by atoms with Crippen molar-refractivity contribution >= 4 is 29.6 Å². The van der Waals surface area contributed by atoms with Gasteiger partial charge < -0.3 is 9.30 Å². The highest BCUT2D eigenvalue weighted by atomic mass is 35.5. The molecule has 0 radical (unpaired) electrons. The number of halogens is 1. The van der Waals surface area contributed by atoms with Gasteiger partial charge in [0.15, 0.2) is 17.8 Å². The number of esters is 1. The predicted octanol–water partition coefficient (Wildman–Crippen LogP) is 3.81. The minimum Gasteiger partial charge on any atom is -0.461 e. The zero-order valence-electron chi connectivity index (χ0n) is 15.1. The number of ether oxygens (including phenoxy) is 1. The largest absolute Gasteiger partial charge is 0.461 e. The van der Waals surface area contributed by atoms with Gasteiger partial charge in [-0.15, -0.1) is 0 Å². The van der Waals surface area contributed by atoms with Crippen LogP contribution in [0, 0.1) is 0 Å². The highest BCUT2D eigenvalue weighted by Gasteiger charge is 2.20. The maximum absolute atomic E-state index is 12.5. The minimum absolute atomic E-state index is 0.0352. The second-order valence-corrected chi connectivity index (χ2v) is 6.41. The van der Waals surface area contributed by atoms with Crippen LogP contribution in [0.5, 0.6) is 0 Å². The van der Waals surface area contributed by atoms with Gasteiger partial charge in [0.1, 0.15) is 5.69 Å². The summed E-state index contributed by atoms with van der Waals surface area (Å²) in [7, 11) is 0. The maximum Gasteiger partial charge on any atom is 0.357 e. The van der Waals surface area contributed by atoms with Crippen molar-refractivity contribution < 1.29 is 19.1 Å². The Balaban J connectivity index is 1.80. The van der Waals surface area contributed by atoms with Crippen molar-refractivity contribution in [3.8, 4) is 0 Å². The van der Waals surface area contributed by atoms with Gasteiger partial charge in [-0.2, -0.15) is 0 Å². The van der Waals surface area contributed by atoms with Crippen LogP contribution in [-0.2, 0) is 11.3 Å². The molecule has 0 aliphatic heterocycles. The lowest BCUT2D eigenvalue weighted by Gasteiger charge is -2.09. The van der Waals surface area contributed by atoms with Crippen LogP contribution in [0.25, 0.3) is 0 Å². The first-order valence-electron chi connectivity index (χ1n) is 8.60. The zero-order valence-corrected chi connectivity index (χ0v) is 15.8. The average molecular weight is 397 g/mol. The molecule has 0 atom stereocenters. The van der Waals surface area contributed by atoms with Gasteiger partial charge in [-0.1, -0.05) is 35.9 Å². The number of rotatable bonds is 7. The summed E-state index contributed by atoms with van der Waals surface area (Å²) in [6.07, 6.45) is 1.94. The molecule has 1 heterocycles. The highest BCUT2D eigenvalue weighted by Crippen LogP contribution is 2.16. The lowest BCUT2D eigenvalue weighted by atomic mass is 10.0. The number of ketones is 1. The molecule has 0 N–H and O–H groups in total. The summed E-state index contributed by atoms with van der Waals surface area (Å²) in [5.74, 6) is -0.710. The van der Waals surface area contributed by atoms with E-state index in [4.69, 9.17) is 16.3 Å². The van der Waals surface area contributed by atoms with E-state index in [1.54, 1.807) is 60.0 Å². The maximum atomic E-state index is 12.5. The van der Waals surface area contributed by atoms with Crippen LogP contribution < -0.4 is 0 Å². The number of aldehydes is 1. The molecular formula is C21H17ClN2O4. The molecule has 0 amide bonds. The molecule has 0 unspecified atom stereocenters. The molecular weight excluding hydrogens is 380 g/mol. The summed E-state index contributed by atoms with van der Waals surface area (Å²) < 4.78 is 6.56. The minimum atomic E-state index is -0.600. The Morgan fingerprint density at radius 1 is 1.07 bits per heavy atom. The number of imidazole rings is 1. The molecule has 0 spiro atoms. The summed E-state index contributed by atoms with van der Waals surface area (Å²) in [6, 6.07) is 13.7. The first-order valence-corrected chi connectivity index (χ1v) is 8.98. The molecule has 6 nitrogen and oxygen atoms in total. The predicted molar refractivity (Wildman–Crippen MR) is 104 cm³/mol. The molecule has 3 rings (SSSR count). The average Bonchev–Trinajstić information content (AvgIpc) is 3.11. The smallest absolute Gasteiger partial charge is 0.357 e. The fourth-order valence-electron chi connectivity index (χ4n) is 2.75. The Morgan fingerprint density at radius 2 is 1.68 bits per heavy atom. The molecule has 0 fully saturated rings. The number of hydrogen-bond acceptors (Lipinski definition) is 5. The number of benzene rings is 2. The van der Waals surface area contributed by atoms with Gasteiger partial charge in [0, 0.05) is 22.7 Å². The summed E-state index contributed by atoms with van der Waals surface area (Å²) >= 11 is 5.85. The van der Waals surface area contributed by atoms with E-state index in [-0.39, 0.29) is 23.8 Å². The second kappa shape index (κ2) is 8.63. The van der Waals surface area contributed by atoms with Crippen LogP contribution in [0.2, 0.25) is 5.02 Å². The topological polar surface area (TPSA) is 78.3 Å². The van der Waals surface area contributed by atoms with Crippen molar-refractivity contribution in [1.82, 2.24) is 9.55 Å². The van der Waals surface area contributed by atoms with Gasteiger partial charge in [0.25, 0.3) is 0 Å². The van der Waals surface area contributed by atoms with E-state index in [1.165, 1.54) is 6.33 Å². The fourth-order valence-corrected chi connectivity index (χ4v) is 2.88. The van der Waals surface area contributed by atoms with E-state index in [0.29, 0.717) is 29.0 Å². The Bertz CT molecular complexity index is 1010. The third-order valence-electron chi connectivity index (χ3n) is 4.12. The summed E-state index contributed by atoms with van der Waals surface area (Å²) in [4.78, 5) is 39.8. The normalized spacial score (nSPS) is 10.5. The third kappa shape index (κ3) is 4.18. The van der Waals surface area contributed by atoms with E-state index in [2.05, 4.69) is 4.98 Å². The fraction of sp³-hybridized carbons (Fsp3) is 0.143. The number of aromatic nitrogens is 2. The van der Waals surface area contributed by atoms with Gasteiger partial charge in [-0.3, -0.25) is 9.59 Å². The van der Waals surface area contributed by atoms with Crippen LogP contribution in [0.3, 0.4) is 0 Å². The molecule has 2 aromatic carbocycles. The first kappa shape index (κ1) is 19.5. The van der Waals surface area contributed by atoms with Crippen LogP contribution in [0.4, 0.5) is 0 Å². The van der Waals surface area contributed by atoms with Crippen molar-refractivity contribution in [3.05, 3.63) is 88.0 Å². The Morgan fingerprint density at radius 3 is 2.25 bits per heavy atom. The summed E-state index contributed by atoms with van der Waals surface area (Å²) in [6.45, 7) is 2.20. The monoisotopic (exact) mass is 396 g/mol. The lowest BCUT2D eigenvalue weighted by Crippen LogP contribution is -2.14. The quantitative estimate of drug-likeness (QED) is 0.345. The molecule has 1 aromatic heterocycles. The molecule has 0 saturated carbocycles. The molecule has 0 aliphatic carbocycles. The van der Waals surface area contributed by atoms with E-state index >= 15 is 0 Å². The third-order valence-corrected chi connectivity index (χ3v) is 4.37. The van der Waals surface area contributed by atoms with Crippen LogP contribution in [-0.4, -0.2) is 34.2 Å². The molecule has 28 heavy (non-hydrogen) atoms. The van der Waals surface area contributed by atoms with Gasteiger partial charge in [-0.05, 0) is 36.8 Å². The van der Waals surface area contributed by atoms with Crippen molar-refractivity contribution in [3.63, 3.8) is 0 Å². The molecule has 0 bridgehead atoms. The van der Waals surface area contributed by atoms with E-state index < -0.39 is 5.97 Å².